The van der Waals surface area contributed by atoms with Gasteiger partial charge in [0.25, 0.3) is 0 Å². The van der Waals surface area contributed by atoms with Crippen molar-refractivity contribution >= 4 is 0 Å². The van der Waals surface area contributed by atoms with Crippen molar-refractivity contribution in [1.29, 1.82) is 0 Å². The normalized spacial score (nSPS) is 25.7. The Morgan fingerprint density at radius 2 is 2.33 bits per heavy atom. The average Bonchev–Trinajstić information content (AvgIpc) is 2.63. The van der Waals surface area contributed by atoms with Crippen molar-refractivity contribution in [2.75, 3.05) is 13.1 Å². The predicted octanol–water partition coefficient (Wildman–Crippen LogP) is 1.65. The SMILES string of the molecule is Cc1cccc(CCC2(O)CCNC2)c1. The highest BCUT2D eigenvalue weighted by Gasteiger charge is 2.30. The van der Waals surface area contributed by atoms with E-state index in [1.165, 1.54) is 11.1 Å². The Labute approximate surface area is 91.3 Å². The first-order valence-electron chi connectivity index (χ1n) is 5.67. The summed E-state index contributed by atoms with van der Waals surface area (Å²) in [4.78, 5) is 0. The van der Waals surface area contributed by atoms with Gasteiger partial charge in [0.15, 0.2) is 0 Å². The zero-order valence-electron chi connectivity index (χ0n) is 9.29. The third kappa shape index (κ3) is 2.80. The molecule has 1 unspecified atom stereocenters. The minimum absolute atomic E-state index is 0.469. The van der Waals surface area contributed by atoms with E-state index in [0.29, 0.717) is 0 Å². The van der Waals surface area contributed by atoms with Crippen molar-refractivity contribution in [3.63, 3.8) is 0 Å². The summed E-state index contributed by atoms with van der Waals surface area (Å²) in [7, 11) is 0. The lowest BCUT2D eigenvalue weighted by Gasteiger charge is -2.20. The number of nitrogens with one attached hydrogen (secondary N) is 1. The summed E-state index contributed by atoms with van der Waals surface area (Å²) < 4.78 is 0. The molecule has 1 aromatic rings. The summed E-state index contributed by atoms with van der Waals surface area (Å²) in [6.07, 6.45) is 2.72. The highest BCUT2D eigenvalue weighted by atomic mass is 16.3. The zero-order chi connectivity index (χ0) is 10.7. The van der Waals surface area contributed by atoms with Gasteiger partial charge in [-0.05, 0) is 38.3 Å². The first-order valence-corrected chi connectivity index (χ1v) is 5.67. The average molecular weight is 205 g/mol. The van der Waals surface area contributed by atoms with Crippen LogP contribution in [-0.4, -0.2) is 23.8 Å². The summed E-state index contributed by atoms with van der Waals surface area (Å²) in [5, 5.41) is 13.4. The topological polar surface area (TPSA) is 32.3 Å². The van der Waals surface area contributed by atoms with Crippen LogP contribution in [0.4, 0.5) is 0 Å². The van der Waals surface area contributed by atoms with Crippen molar-refractivity contribution in [3.05, 3.63) is 35.4 Å². The maximum atomic E-state index is 10.2. The van der Waals surface area contributed by atoms with E-state index in [2.05, 4.69) is 36.5 Å². The first kappa shape index (κ1) is 10.7. The van der Waals surface area contributed by atoms with Crippen LogP contribution >= 0.6 is 0 Å². The molecule has 0 amide bonds. The van der Waals surface area contributed by atoms with Gasteiger partial charge in [-0.15, -0.1) is 0 Å². The van der Waals surface area contributed by atoms with Crippen LogP contribution < -0.4 is 5.32 Å². The standard InChI is InChI=1S/C13H19NO/c1-11-3-2-4-12(9-11)5-6-13(15)7-8-14-10-13/h2-4,9,14-15H,5-8,10H2,1H3. The van der Waals surface area contributed by atoms with E-state index < -0.39 is 5.60 Å². The lowest BCUT2D eigenvalue weighted by atomic mass is 9.94. The molecule has 15 heavy (non-hydrogen) atoms. The summed E-state index contributed by atoms with van der Waals surface area (Å²) >= 11 is 0. The fourth-order valence-corrected chi connectivity index (χ4v) is 2.19. The minimum atomic E-state index is -0.469. The van der Waals surface area contributed by atoms with E-state index in [0.717, 1.165) is 32.4 Å². The van der Waals surface area contributed by atoms with Crippen LogP contribution in [0, 0.1) is 6.92 Å². The van der Waals surface area contributed by atoms with Gasteiger partial charge < -0.3 is 10.4 Å². The van der Waals surface area contributed by atoms with Gasteiger partial charge in [-0.25, -0.2) is 0 Å². The van der Waals surface area contributed by atoms with Gasteiger partial charge in [-0.1, -0.05) is 29.8 Å². The maximum Gasteiger partial charge on any atom is 0.0786 e. The molecular formula is C13H19NO. The monoisotopic (exact) mass is 205 g/mol. The van der Waals surface area contributed by atoms with Crippen molar-refractivity contribution < 1.29 is 5.11 Å². The highest BCUT2D eigenvalue weighted by Crippen LogP contribution is 2.21. The van der Waals surface area contributed by atoms with Gasteiger partial charge in [0, 0.05) is 6.54 Å². The third-order valence-electron chi connectivity index (χ3n) is 3.18. The zero-order valence-corrected chi connectivity index (χ0v) is 9.29. The molecular weight excluding hydrogens is 186 g/mol. The second-order valence-electron chi connectivity index (χ2n) is 4.64. The van der Waals surface area contributed by atoms with E-state index >= 15 is 0 Å². The fraction of sp³-hybridized carbons (Fsp3) is 0.538. The Bertz CT molecular complexity index is 329. The quantitative estimate of drug-likeness (QED) is 0.786. The smallest absolute Gasteiger partial charge is 0.0786 e. The highest BCUT2D eigenvalue weighted by molar-refractivity contribution is 5.22. The molecule has 0 aromatic heterocycles. The molecule has 1 aromatic carbocycles. The number of hydrogen-bond donors (Lipinski definition) is 2. The Kier molecular flexibility index (Phi) is 3.08. The van der Waals surface area contributed by atoms with Gasteiger partial charge in [-0.2, -0.15) is 0 Å². The van der Waals surface area contributed by atoms with E-state index in [1.807, 2.05) is 0 Å². The molecule has 0 bridgehead atoms. The summed E-state index contributed by atoms with van der Waals surface area (Å²) in [5.41, 5.74) is 2.16. The largest absolute Gasteiger partial charge is 0.389 e. The molecule has 0 aliphatic carbocycles. The molecule has 1 aliphatic heterocycles. The summed E-state index contributed by atoms with van der Waals surface area (Å²) in [5.74, 6) is 0. The van der Waals surface area contributed by atoms with Crippen LogP contribution in [0.25, 0.3) is 0 Å². The van der Waals surface area contributed by atoms with Crippen LogP contribution in [-0.2, 0) is 6.42 Å². The minimum Gasteiger partial charge on any atom is -0.389 e. The van der Waals surface area contributed by atoms with Crippen molar-refractivity contribution in [2.45, 2.75) is 31.8 Å². The number of β-amino-alcohol motifs (C(OH)–C–C–N with tert-alkyl or cyclic N) is 1. The number of hydrogen-bond acceptors (Lipinski definition) is 2. The molecule has 2 rings (SSSR count). The molecule has 1 heterocycles. The number of aliphatic hydroxyl groups is 1. The second-order valence-corrected chi connectivity index (χ2v) is 4.64. The Hall–Kier alpha value is -0.860. The van der Waals surface area contributed by atoms with Crippen LogP contribution in [0.5, 0.6) is 0 Å². The van der Waals surface area contributed by atoms with Crippen LogP contribution in [0.3, 0.4) is 0 Å². The van der Waals surface area contributed by atoms with Gasteiger partial charge in [0.1, 0.15) is 0 Å². The molecule has 2 N–H and O–H groups in total. The fourth-order valence-electron chi connectivity index (χ4n) is 2.19. The number of aryl methyl sites for hydroxylation is 2. The molecule has 0 saturated carbocycles. The molecule has 1 aliphatic rings. The van der Waals surface area contributed by atoms with E-state index in [4.69, 9.17) is 0 Å². The molecule has 2 nitrogen and oxygen atoms in total. The maximum absolute atomic E-state index is 10.2. The van der Waals surface area contributed by atoms with Gasteiger partial charge in [-0.3, -0.25) is 0 Å². The van der Waals surface area contributed by atoms with E-state index in [-0.39, 0.29) is 0 Å². The molecule has 0 spiro atoms. The Balaban J connectivity index is 1.92. The second kappa shape index (κ2) is 4.33. The lowest BCUT2D eigenvalue weighted by Crippen LogP contribution is -2.31. The third-order valence-corrected chi connectivity index (χ3v) is 3.18. The van der Waals surface area contributed by atoms with Crippen LogP contribution in [0.15, 0.2) is 24.3 Å². The lowest BCUT2D eigenvalue weighted by molar-refractivity contribution is 0.0526. The summed E-state index contributed by atoms with van der Waals surface area (Å²) in [6.45, 7) is 3.80. The molecule has 1 fully saturated rings. The Morgan fingerprint density at radius 3 is 3.00 bits per heavy atom. The number of rotatable bonds is 3. The van der Waals surface area contributed by atoms with Crippen LogP contribution in [0.1, 0.15) is 24.0 Å². The van der Waals surface area contributed by atoms with E-state index in [1.54, 1.807) is 0 Å². The van der Waals surface area contributed by atoms with Gasteiger partial charge >= 0.3 is 0 Å². The molecule has 82 valence electrons. The first-order chi connectivity index (χ1) is 7.18. The van der Waals surface area contributed by atoms with Crippen molar-refractivity contribution in [2.24, 2.45) is 0 Å². The van der Waals surface area contributed by atoms with Gasteiger partial charge in [0.2, 0.25) is 0 Å². The van der Waals surface area contributed by atoms with Gasteiger partial charge in [0.05, 0.1) is 5.60 Å². The predicted molar refractivity (Wildman–Crippen MR) is 61.9 cm³/mol. The van der Waals surface area contributed by atoms with E-state index in [9.17, 15) is 5.11 Å². The molecule has 2 heteroatoms. The molecule has 1 saturated heterocycles. The van der Waals surface area contributed by atoms with Crippen molar-refractivity contribution in [3.8, 4) is 0 Å². The van der Waals surface area contributed by atoms with Crippen molar-refractivity contribution in [1.82, 2.24) is 5.32 Å². The van der Waals surface area contributed by atoms with Crippen LogP contribution in [0.2, 0.25) is 0 Å². The summed E-state index contributed by atoms with van der Waals surface area (Å²) in [6, 6.07) is 8.53. The Morgan fingerprint density at radius 1 is 1.47 bits per heavy atom. The number of benzene rings is 1. The molecule has 1 atom stereocenters. The molecule has 0 radical (unpaired) electrons.